The van der Waals surface area contributed by atoms with Gasteiger partial charge in [-0.25, -0.2) is 8.42 Å². The van der Waals surface area contributed by atoms with Crippen LogP contribution in [-0.2, 0) is 21.1 Å². The Kier molecular flexibility index (Phi) is 5.45. The van der Waals surface area contributed by atoms with Gasteiger partial charge in [0.2, 0.25) is 5.91 Å². The maximum absolute atomic E-state index is 12.3. The molecule has 1 fully saturated rings. The third-order valence-corrected chi connectivity index (χ3v) is 5.67. The molecule has 0 N–H and O–H groups in total. The van der Waals surface area contributed by atoms with Gasteiger partial charge in [0.05, 0.1) is 18.3 Å². The van der Waals surface area contributed by atoms with Gasteiger partial charge in [-0.05, 0) is 37.5 Å². The first-order chi connectivity index (χ1) is 10.4. The molecular weight excluding hydrogens is 302 g/mol. The Balaban J connectivity index is 1.88. The van der Waals surface area contributed by atoms with Crippen molar-refractivity contribution >= 4 is 15.7 Å². The van der Waals surface area contributed by atoms with E-state index in [0.717, 1.165) is 11.3 Å². The number of rotatable bonds is 5. The number of benzene rings is 1. The van der Waals surface area contributed by atoms with E-state index in [1.165, 1.54) is 6.26 Å². The van der Waals surface area contributed by atoms with E-state index in [0.29, 0.717) is 39.0 Å². The molecule has 0 unspecified atom stereocenters. The second-order valence-corrected chi connectivity index (χ2v) is 7.99. The maximum Gasteiger partial charge on any atom is 0.226 e. The van der Waals surface area contributed by atoms with Crippen molar-refractivity contribution in [3.05, 3.63) is 29.8 Å². The van der Waals surface area contributed by atoms with Crippen LogP contribution in [0.3, 0.4) is 0 Å². The van der Waals surface area contributed by atoms with Crippen LogP contribution in [0.1, 0.15) is 25.3 Å². The lowest BCUT2D eigenvalue weighted by atomic mass is 10.1. The summed E-state index contributed by atoms with van der Waals surface area (Å²) in [5.41, 5.74) is 0.943. The van der Waals surface area contributed by atoms with Gasteiger partial charge in [0.15, 0.2) is 0 Å². The molecule has 0 saturated carbocycles. The lowest BCUT2D eigenvalue weighted by Crippen LogP contribution is -2.42. The standard InChI is InChI=1S/C16H23NO4S/c1-3-21-14-6-4-13(5-7-14)12-16(18)17-10-8-15(9-11-17)22(2,19)20/h4-7,15H,3,8-12H2,1-2H3. The number of hydrogen-bond donors (Lipinski definition) is 0. The van der Waals surface area contributed by atoms with E-state index in [2.05, 4.69) is 0 Å². The summed E-state index contributed by atoms with van der Waals surface area (Å²) >= 11 is 0. The molecule has 1 aromatic carbocycles. The van der Waals surface area contributed by atoms with Gasteiger partial charge in [0, 0.05) is 19.3 Å². The Morgan fingerprint density at radius 3 is 2.32 bits per heavy atom. The SMILES string of the molecule is CCOc1ccc(CC(=O)N2CCC(S(C)(=O)=O)CC2)cc1. The number of piperidine rings is 1. The van der Waals surface area contributed by atoms with Crippen LogP contribution in [0.2, 0.25) is 0 Å². The summed E-state index contributed by atoms with van der Waals surface area (Å²) in [6.45, 7) is 3.59. The average Bonchev–Trinajstić information content (AvgIpc) is 2.49. The van der Waals surface area contributed by atoms with E-state index in [1.54, 1.807) is 4.90 Å². The number of nitrogens with zero attached hydrogens (tertiary/aromatic N) is 1. The zero-order valence-electron chi connectivity index (χ0n) is 13.1. The zero-order chi connectivity index (χ0) is 16.2. The summed E-state index contributed by atoms with van der Waals surface area (Å²) in [7, 11) is -3.00. The van der Waals surface area contributed by atoms with Crippen molar-refractivity contribution in [2.45, 2.75) is 31.4 Å². The van der Waals surface area contributed by atoms with E-state index < -0.39 is 9.84 Å². The zero-order valence-corrected chi connectivity index (χ0v) is 13.9. The monoisotopic (exact) mass is 325 g/mol. The van der Waals surface area contributed by atoms with Gasteiger partial charge in [-0.2, -0.15) is 0 Å². The van der Waals surface area contributed by atoms with E-state index in [-0.39, 0.29) is 11.2 Å². The van der Waals surface area contributed by atoms with Crippen LogP contribution in [0.5, 0.6) is 5.75 Å². The molecule has 6 heteroatoms. The molecule has 1 amide bonds. The van der Waals surface area contributed by atoms with Crippen molar-refractivity contribution < 1.29 is 17.9 Å². The molecule has 22 heavy (non-hydrogen) atoms. The minimum atomic E-state index is -3.00. The molecule has 0 aliphatic carbocycles. The van der Waals surface area contributed by atoms with Crippen molar-refractivity contribution in [1.82, 2.24) is 4.90 Å². The Hall–Kier alpha value is -1.56. The van der Waals surface area contributed by atoms with Gasteiger partial charge >= 0.3 is 0 Å². The third-order valence-electron chi connectivity index (χ3n) is 3.99. The lowest BCUT2D eigenvalue weighted by molar-refractivity contribution is -0.131. The van der Waals surface area contributed by atoms with Crippen molar-refractivity contribution in [3.63, 3.8) is 0 Å². The predicted molar refractivity (Wildman–Crippen MR) is 85.8 cm³/mol. The lowest BCUT2D eigenvalue weighted by Gasteiger charge is -2.31. The molecule has 1 saturated heterocycles. The first-order valence-corrected chi connectivity index (χ1v) is 9.54. The topological polar surface area (TPSA) is 63.7 Å². The van der Waals surface area contributed by atoms with Crippen LogP contribution < -0.4 is 4.74 Å². The van der Waals surface area contributed by atoms with Crippen molar-refractivity contribution in [1.29, 1.82) is 0 Å². The largest absolute Gasteiger partial charge is 0.494 e. The first kappa shape index (κ1) is 16.8. The number of carbonyl (C=O) groups is 1. The third kappa shape index (κ3) is 4.47. The fourth-order valence-corrected chi connectivity index (χ4v) is 3.76. The predicted octanol–water partition coefficient (Wildman–Crippen LogP) is 1.66. The van der Waals surface area contributed by atoms with Crippen LogP contribution in [0.15, 0.2) is 24.3 Å². The van der Waals surface area contributed by atoms with Crippen LogP contribution in [-0.4, -0.2) is 50.4 Å². The number of carbonyl (C=O) groups excluding carboxylic acids is 1. The smallest absolute Gasteiger partial charge is 0.226 e. The second kappa shape index (κ2) is 7.13. The Labute approximate surface area is 132 Å². The van der Waals surface area contributed by atoms with Crippen molar-refractivity contribution in [2.75, 3.05) is 26.0 Å². The maximum atomic E-state index is 12.3. The highest BCUT2D eigenvalue weighted by atomic mass is 32.2. The highest BCUT2D eigenvalue weighted by Crippen LogP contribution is 2.19. The summed E-state index contributed by atoms with van der Waals surface area (Å²) in [5, 5.41) is -0.304. The van der Waals surface area contributed by atoms with Crippen LogP contribution >= 0.6 is 0 Å². The number of likely N-dealkylation sites (tertiary alicyclic amines) is 1. The summed E-state index contributed by atoms with van der Waals surface area (Å²) in [4.78, 5) is 14.0. The number of hydrogen-bond acceptors (Lipinski definition) is 4. The molecular formula is C16H23NO4S. The number of amides is 1. The molecule has 1 aliphatic rings. The highest BCUT2D eigenvalue weighted by molar-refractivity contribution is 7.91. The number of sulfone groups is 1. The first-order valence-electron chi connectivity index (χ1n) is 7.58. The van der Waals surface area contributed by atoms with E-state index >= 15 is 0 Å². The molecule has 0 aromatic heterocycles. The minimum Gasteiger partial charge on any atom is -0.494 e. The van der Waals surface area contributed by atoms with Gasteiger partial charge in [0.1, 0.15) is 15.6 Å². The molecule has 1 aromatic rings. The summed E-state index contributed by atoms with van der Waals surface area (Å²) in [5.74, 6) is 0.851. The average molecular weight is 325 g/mol. The summed E-state index contributed by atoms with van der Waals surface area (Å²) < 4.78 is 28.4. The summed E-state index contributed by atoms with van der Waals surface area (Å²) in [6.07, 6.45) is 2.69. The molecule has 122 valence electrons. The van der Waals surface area contributed by atoms with Gasteiger partial charge < -0.3 is 9.64 Å². The van der Waals surface area contributed by atoms with Gasteiger partial charge in [-0.15, -0.1) is 0 Å². The van der Waals surface area contributed by atoms with E-state index in [1.807, 2.05) is 31.2 Å². The molecule has 5 nitrogen and oxygen atoms in total. The Morgan fingerprint density at radius 2 is 1.82 bits per heavy atom. The molecule has 0 radical (unpaired) electrons. The van der Waals surface area contributed by atoms with E-state index in [4.69, 9.17) is 4.74 Å². The van der Waals surface area contributed by atoms with Crippen LogP contribution in [0.4, 0.5) is 0 Å². The fourth-order valence-electron chi connectivity index (χ4n) is 2.69. The molecule has 0 spiro atoms. The van der Waals surface area contributed by atoms with Gasteiger partial charge in [-0.1, -0.05) is 12.1 Å². The normalized spacial score (nSPS) is 16.5. The van der Waals surface area contributed by atoms with Crippen molar-refractivity contribution in [3.8, 4) is 5.75 Å². The van der Waals surface area contributed by atoms with Crippen LogP contribution in [0, 0.1) is 0 Å². The molecule has 2 rings (SSSR count). The molecule has 1 heterocycles. The Bertz CT molecular complexity index is 602. The molecule has 0 atom stereocenters. The minimum absolute atomic E-state index is 0.0520. The van der Waals surface area contributed by atoms with Gasteiger partial charge in [0.25, 0.3) is 0 Å². The molecule has 0 bridgehead atoms. The molecule has 1 aliphatic heterocycles. The van der Waals surface area contributed by atoms with E-state index in [9.17, 15) is 13.2 Å². The van der Waals surface area contributed by atoms with Gasteiger partial charge in [-0.3, -0.25) is 4.79 Å². The second-order valence-electron chi connectivity index (χ2n) is 5.66. The highest BCUT2D eigenvalue weighted by Gasteiger charge is 2.28. The number of ether oxygens (including phenoxy) is 1. The fraction of sp³-hybridized carbons (Fsp3) is 0.562. The van der Waals surface area contributed by atoms with Crippen LogP contribution in [0.25, 0.3) is 0 Å². The quantitative estimate of drug-likeness (QED) is 0.826. The summed E-state index contributed by atoms with van der Waals surface area (Å²) in [6, 6.07) is 7.52. The van der Waals surface area contributed by atoms with Crippen molar-refractivity contribution in [2.24, 2.45) is 0 Å². The Morgan fingerprint density at radius 1 is 1.23 bits per heavy atom.